The Hall–Kier alpha value is -3.75. The summed E-state index contributed by atoms with van der Waals surface area (Å²) in [5.74, 6) is -6.57. The molecule has 0 saturated carbocycles. The highest BCUT2D eigenvalue weighted by atomic mass is 19.4. The van der Waals surface area contributed by atoms with E-state index < -0.39 is 52.2 Å². The van der Waals surface area contributed by atoms with E-state index in [1.807, 2.05) is 0 Å². The molecule has 0 radical (unpaired) electrons. The Bertz CT molecular complexity index is 1150. The van der Waals surface area contributed by atoms with Gasteiger partial charge < -0.3 is 14.8 Å². The van der Waals surface area contributed by atoms with Gasteiger partial charge in [-0.05, 0) is 32.0 Å². The van der Waals surface area contributed by atoms with E-state index in [9.17, 15) is 36.3 Å². The maximum Gasteiger partial charge on any atom is 0.411 e. The Morgan fingerprint density at radius 2 is 1.75 bits per heavy atom. The van der Waals surface area contributed by atoms with Crippen molar-refractivity contribution in [1.82, 2.24) is 9.47 Å². The summed E-state index contributed by atoms with van der Waals surface area (Å²) >= 11 is 0. The molecule has 32 heavy (non-hydrogen) atoms. The van der Waals surface area contributed by atoms with Gasteiger partial charge in [-0.3, -0.25) is 14.4 Å². The van der Waals surface area contributed by atoms with E-state index in [2.05, 4.69) is 5.32 Å². The van der Waals surface area contributed by atoms with Gasteiger partial charge in [-0.25, -0.2) is 8.78 Å². The number of anilines is 1. The van der Waals surface area contributed by atoms with Crippen molar-refractivity contribution in [2.75, 3.05) is 12.4 Å². The lowest BCUT2D eigenvalue weighted by molar-refractivity contribution is -0.215. The SMILES string of the molecule is CN(C(=O)C(=O)c1cn(C)c(C(=O)Nc2ccc(F)c(C#N)c2)c1F)C(C)(C)C(F)(F)F. The van der Waals surface area contributed by atoms with Crippen LogP contribution in [0.25, 0.3) is 0 Å². The number of likely N-dealkylation sites (N-methyl/N-ethyl adjacent to an activating group) is 1. The summed E-state index contributed by atoms with van der Waals surface area (Å²) in [6.45, 7) is 1.35. The van der Waals surface area contributed by atoms with Gasteiger partial charge in [-0.2, -0.15) is 18.4 Å². The number of nitrogens with one attached hydrogen (secondary N) is 1. The quantitative estimate of drug-likeness (QED) is 0.424. The Balaban J connectivity index is 2.35. The molecule has 0 aliphatic carbocycles. The van der Waals surface area contributed by atoms with E-state index in [1.54, 1.807) is 6.07 Å². The van der Waals surface area contributed by atoms with Gasteiger partial charge in [0.25, 0.3) is 17.6 Å². The molecule has 7 nitrogen and oxygen atoms in total. The van der Waals surface area contributed by atoms with Gasteiger partial charge in [0.05, 0.1) is 11.1 Å². The van der Waals surface area contributed by atoms with Crippen molar-refractivity contribution in [1.29, 1.82) is 5.26 Å². The fourth-order valence-corrected chi connectivity index (χ4v) is 2.61. The Labute approximate surface area is 179 Å². The molecule has 0 bridgehead atoms. The molecule has 0 fully saturated rings. The van der Waals surface area contributed by atoms with Gasteiger partial charge >= 0.3 is 6.18 Å². The number of ketones is 1. The molecule has 0 spiro atoms. The van der Waals surface area contributed by atoms with E-state index in [1.165, 1.54) is 7.05 Å². The Kier molecular flexibility index (Phi) is 6.44. The summed E-state index contributed by atoms with van der Waals surface area (Å²) in [6, 6.07) is 4.58. The maximum absolute atomic E-state index is 14.9. The summed E-state index contributed by atoms with van der Waals surface area (Å²) in [5, 5.41) is 11.1. The van der Waals surface area contributed by atoms with Crippen LogP contribution in [0.5, 0.6) is 0 Å². The van der Waals surface area contributed by atoms with Crippen molar-refractivity contribution in [3.05, 3.63) is 52.9 Å². The minimum atomic E-state index is -4.87. The normalized spacial score (nSPS) is 11.6. The van der Waals surface area contributed by atoms with E-state index in [0.29, 0.717) is 13.8 Å². The lowest BCUT2D eigenvalue weighted by Crippen LogP contribution is -2.56. The van der Waals surface area contributed by atoms with Crippen LogP contribution in [0.1, 0.15) is 40.3 Å². The van der Waals surface area contributed by atoms with E-state index >= 15 is 0 Å². The van der Waals surface area contributed by atoms with Crippen molar-refractivity contribution >= 4 is 23.3 Å². The first kappa shape index (κ1) is 24.5. The van der Waals surface area contributed by atoms with Crippen molar-refractivity contribution < 1.29 is 36.3 Å². The third kappa shape index (κ3) is 4.32. The average Bonchev–Trinajstić information content (AvgIpc) is 3.00. The summed E-state index contributed by atoms with van der Waals surface area (Å²) < 4.78 is 68.6. The van der Waals surface area contributed by atoms with E-state index in [4.69, 9.17) is 5.26 Å². The lowest BCUT2D eigenvalue weighted by Gasteiger charge is -2.36. The molecule has 1 heterocycles. The zero-order valence-corrected chi connectivity index (χ0v) is 17.3. The van der Waals surface area contributed by atoms with Gasteiger partial charge in [0.1, 0.15) is 23.1 Å². The minimum Gasteiger partial charge on any atom is -0.343 e. The van der Waals surface area contributed by atoms with Crippen LogP contribution in [0.2, 0.25) is 0 Å². The number of nitrogens with zero attached hydrogens (tertiary/aromatic N) is 3. The number of Topliss-reactive ketones (excluding diaryl/α,β-unsaturated/α-hetero) is 1. The van der Waals surface area contributed by atoms with Gasteiger partial charge in [-0.15, -0.1) is 0 Å². The van der Waals surface area contributed by atoms with Crippen LogP contribution in [0.15, 0.2) is 24.4 Å². The van der Waals surface area contributed by atoms with Gasteiger partial charge in [0, 0.05) is 26.0 Å². The third-order valence-corrected chi connectivity index (χ3v) is 4.96. The second kappa shape index (κ2) is 8.41. The predicted octanol–water partition coefficient (Wildman–Crippen LogP) is 3.41. The highest BCUT2D eigenvalue weighted by Crippen LogP contribution is 2.34. The molecule has 12 heteroatoms. The lowest BCUT2D eigenvalue weighted by atomic mass is 10.0. The Morgan fingerprint density at radius 1 is 1.16 bits per heavy atom. The molecule has 0 atom stereocenters. The molecule has 2 amide bonds. The fourth-order valence-electron chi connectivity index (χ4n) is 2.61. The van der Waals surface area contributed by atoms with Gasteiger partial charge in [0.15, 0.2) is 5.82 Å². The van der Waals surface area contributed by atoms with Crippen molar-refractivity contribution in [2.45, 2.75) is 25.6 Å². The summed E-state index contributed by atoms with van der Waals surface area (Å²) in [5.41, 5.74) is -4.76. The van der Waals surface area contributed by atoms with Crippen LogP contribution >= 0.6 is 0 Å². The number of rotatable bonds is 5. The van der Waals surface area contributed by atoms with Crippen LogP contribution in [0.3, 0.4) is 0 Å². The van der Waals surface area contributed by atoms with Crippen molar-refractivity contribution in [3.8, 4) is 6.07 Å². The molecule has 0 unspecified atom stereocenters. The van der Waals surface area contributed by atoms with Crippen LogP contribution in [-0.4, -0.2) is 45.8 Å². The number of aryl methyl sites for hydroxylation is 1. The number of alkyl halides is 3. The number of carbonyl (C=O) groups is 3. The molecular weight excluding hydrogens is 439 g/mol. The number of halogens is 5. The average molecular weight is 456 g/mol. The third-order valence-electron chi connectivity index (χ3n) is 4.96. The van der Waals surface area contributed by atoms with Crippen molar-refractivity contribution in [2.24, 2.45) is 7.05 Å². The topological polar surface area (TPSA) is 95.2 Å². The monoisotopic (exact) mass is 456 g/mol. The molecule has 1 aromatic heterocycles. The molecular formula is C20H17F5N4O3. The van der Waals surface area contributed by atoms with E-state index in [0.717, 1.165) is 36.0 Å². The molecule has 1 N–H and O–H groups in total. The zero-order chi connectivity index (χ0) is 24.6. The smallest absolute Gasteiger partial charge is 0.343 e. The number of hydrogen-bond donors (Lipinski definition) is 1. The van der Waals surface area contributed by atoms with Gasteiger partial charge in [0.2, 0.25) is 0 Å². The predicted molar refractivity (Wildman–Crippen MR) is 102 cm³/mol. The molecule has 1 aromatic carbocycles. The number of aromatic nitrogens is 1. The van der Waals surface area contributed by atoms with Crippen LogP contribution < -0.4 is 5.32 Å². The highest BCUT2D eigenvalue weighted by molar-refractivity contribution is 6.43. The van der Waals surface area contributed by atoms with Crippen LogP contribution in [0.4, 0.5) is 27.6 Å². The first-order valence-corrected chi connectivity index (χ1v) is 8.88. The first-order chi connectivity index (χ1) is 14.6. The second-order valence-corrected chi connectivity index (χ2v) is 7.33. The largest absolute Gasteiger partial charge is 0.411 e. The number of nitriles is 1. The molecule has 0 aliphatic rings. The molecule has 0 aliphatic heterocycles. The molecule has 170 valence electrons. The number of hydrogen-bond acceptors (Lipinski definition) is 4. The minimum absolute atomic E-state index is 0.0517. The fraction of sp³-hybridized carbons (Fsp3) is 0.300. The first-order valence-electron chi connectivity index (χ1n) is 8.88. The standard InChI is InChI=1S/C20H17F5N4O3/c1-19(2,20(23,24)25)29(4)18(32)16(30)12-9-28(3)15(14(12)22)17(31)27-11-5-6-13(21)10(7-11)8-26/h5-7,9H,1-4H3,(H,27,31). The summed E-state index contributed by atoms with van der Waals surface area (Å²) in [4.78, 5) is 37.3. The van der Waals surface area contributed by atoms with Crippen LogP contribution in [0, 0.1) is 23.0 Å². The van der Waals surface area contributed by atoms with Gasteiger partial charge in [-0.1, -0.05) is 0 Å². The molecule has 2 rings (SSSR count). The number of amides is 2. The molecule has 2 aromatic rings. The Morgan fingerprint density at radius 3 is 2.28 bits per heavy atom. The maximum atomic E-state index is 14.9. The number of benzene rings is 1. The number of carbonyl (C=O) groups excluding carboxylic acids is 3. The summed E-state index contributed by atoms with van der Waals surface area (Å²) in [7, 11) is 1.93. The van der Waals surface area contributed by atoms with E-state index in [-0.39, 0.29) is 16.2 Å². The zero-order valence-electron chi connectivity index (χ0n) is 17.3. The highest BCUT2D eigenvalue weighted by Gasteiger charge is 2.52. The summed E-state index contributed by atoms with van der Waals surface area (Å²) in [6.07, 6.45) is -4.07. The second-order valence-electron chi connectivity index (χ2n) is 7.33. The van der Waals surface area contributed by atoms with Crippen LogP contribution in [-0.2, 0) is 11.8 Å². The van der Waals surface area contributed by atoms with Crippen molar-refractivity contribution in [3.63, 3.8) is 0 Å². The molecule has 0 saturated heterocycles.